The number of aromatic hydroxyl groups is 1. The minimum absolute atomic E-state index is 0.0235. The van der Waals surface area contributed by atoms with Gasteiger partial charge in [0.2, 0.25) is 47.3 Å². The van der Waals surface area contributed by atoms with Crippen molar-refractivity contribution in [1.29, 1.82) is 0 Å². The van der Waals surface area contributed by atoms with E-state index in [1.54, 1.807) is 41.5 Å². The summed E-state index contributed by atoms with van der Waals surface area (Å²) in [5, 5.41) is 59.3. The average molecular weight is 1070 g/mol. The van der Waals surface area contributed by atoms with Crippen molar-refractivity contribution in [2.45, 2.75) is 141 Å². The molecule has 2 rings (SSSR count). The van der Waals surface area contributed by atoms with Crippen LogP contribution in [0.1, 0.15) is 79.0 Å². The molecule has 0 unspecified atom stereocenters. The molecule has 15 N–H and O–H groups in total. The fourth-order valence-corrected chi connectivity index (χ4v) is 7.44. The van der Waals surface area contributed by atoms with E-state index in [-0.39, 0.29) is 54.8 Å². The van der Waals surface area contributed by atoms with Crippen LogP contribution in [-0.4, -0.2) is 162 Å². The fraction of sp³-hybridized carbons (Fsp3) is 0.587. The zero-order valence-electron chi connectivity index (χ0n) is 41.7. The second-order valence-corrected chi connectivity index (χ2v) is 19.4. The minimum atomic E-state index is -1.76. The van der Waals surface area contributed by atoms with Crippen molar-refractivity contribution in [3.8, 4) is 5.75 Å². The summed E-state index contributed by atoms with van der Waals surface area (Å²) in [5.74, 6) is -12.0. The summed E-state index contributed by atoms with van der Waals surface area (Å²) >= 11 is 7.92. The van der Waals surface area contributed by atoms with Gasteiger partial charge < -0.3 is 73.7 Å². The molecule has 0 aliphatic heterocycles. The van der Waals surface area contributed by atoms with E-state index in [0.29, 0.717) is 11.3 Å². The van der Waals surface area contributed by atoms with Crippen LogP contribution < -0.4 is 48.3 Å². The van der Waals surface area contributed by atoms with Crippen molar-refractivity contribution in [1.82, 2.24) is 52.5 Å². The number of H-pyrrole nitrogens is 1. The Morgan fingerprint density at radius 1 is 0.575 bits per heavy atom. The van der Waals surface area contributed by atoms with Crippen LogP contribution in [0.3, 0.4) is 0 Å². The second-order valence-electron chi connectivity index (χ2n) is 18.6. The molecule has 0 aliphatic carbocycles. The number of hydrogen-bond donors (Lipinski definition) is 16. The summed E-state index contributed by atoms with van der Waals surface area (Å²) in [6.45, 7) is 11.3. The predicted octanol–water partition coefficient (Wildman–Crippen LogP) is -2.35. The number of phenolic OH excluding ortho intramolecular Hbond substituents is 1. The number of aromatic nitrogens is 2. The molecule has 0 saturated carbocycles. The Hall–Kier alpha value is -6.45. The number of rotatable bonds is 31. The monoisotopic (exact) mass is 1070 g/mol. The number of imidazole rings is 1. The number of aliphatic hydroxyl groups is 1. The highest BCUT2D eigenvalue weighted by molar-refractivity contribution is 7.80. The molecular formula is C46H71N11O14S2. The van der Waals surface area contributed by atoms with Crippen LogP contribution in [0, 0.1) is 17.8 Å². The molecular weight excluding hydrogens is 995 g/mol. The van der Waals surface area contributed by atoms with Gasteiger partial charge in [0.05, 0.1) is 24.9 Å². The van der Waals surface area contributed by atoms with Crippen molar-refractivity contribution in [2.75, 3.05) is 11.5 Å². The Labute approximate surface area is 433 Å². The molecule has 0 aliphatic rings. The van der Waals surface area contributed by atoms with Gasteiger partial charge in [-0.25, -0.2) is 9.78 Å². The maximum atomic E-state index is 14.5. The van der Waals surface area contributed by atoms with Gasteiger partial charge >= 0.3 is 11.9 Å². The Balaban J connectivity index is 2.54. The third-order valence-corrected chi connectivity index (χ3v) is 11.7. The number of amides is 8. The Bertz CT molecular complexity index is 2200. The van der Waals surface area contributed by atoms with Crippen molar-refractivity contribution in [2.24, 2.45) is 23.5 Å². The normalized spacial score (nSPS) is 15.4. The third kappa shape index (κ3) is 21.7. The number of aromatic amines is 1. The molecule has 0 bridgehead atoms. The van der Waals surface area contributed by atoms with Gasteiger partial charge in [-0.05, 0) is 55.2 Å². The average Bonchev–Trinajstić information content (AvgIpc) is 3.83. The predicted molar refractivity (Wildman–Crippen MR) is 271 cm³/mol. The molecule has 25 nitrogen and oxygen atoms in total. The molecule has 406 valence electrons. The van der Waals surface area contributed by atoms with Crippen LogP contribution in [0.5, 0.6) is 5.75 Å². The number of thiol groups is 2. The van der Waals surface area contributed by atoms with Crippen molar-refractivity contribution >= 4 is 84.5 Å². The van der Waals surface area contributed by atoms with E-state index in [9.17, 15) is 68.4 Å². The summed E-state index contributed by atoms with van der Waals surface area (Å²) < 4.78 is 0. The lowest BCUT2D eigenvalue weighted by molar-refractivity contribution is -0.142. The van der Waals surface area contributed by atoms with Gasteiger partial charge in [-0.2, -0.15) is 25.3 Å². The standard InChI is InChI=1S/C46H71N11O14S2/c1-21(2)12-29(50-42(66)33(16-35(60)61)54-44(68)36(23(5)6)56-38(62)28(47)18-72)39(63)52-31(14-25-8-10-27(59)11-9-25)40(64)53-32(15-26-17-48-20-49-26)41(65)51-30(13-22(3)4)43(67)57-37(24(7)58)45(69)55-34(19-73)46(70)71/h8-11,17,20-24,28-34,36-37,58-59,72-73H,12-16,18-19,47H2,1-7H3,(H,48,49)(H,50,66)(H,51,65)(H,52,63)(H,53,64)(H,54,68)(H,55,69)(H,56,62)(H,57,67)(H,60,61)(H,70,71)/t24-,28+,29+,30+,31+,32+,33+,34+,36+,37+/m1/s1. The first-order valence-electron chi connectivity index (χ1n) is 23.5. The first kappa shape index (κ1) is 62.7. The van der Waals surface area contributed by atoms with Gasteiger partial charge in [-0.1, -0.05) is 53.7 Å². The summed E-state index contributed by atoms with van der Waals surface area (Å²) in [7, 11) is 0. The lowest BCUT2D eigenvalue weighted by Gasteiger charge is -2.29. The quantitative estimate of drug-likeness (QED) is 0.0352. The number of nitrogens with two attached hydrogens (primary N) is 1. The highest BCUT2D eigenvalue weighted by Gasteiger charge is 2.37. The van der Waals surface area contributed by atoms with Crippen molar-refractivity contribution in [3.05, 3.63) is 48.0 Å². The van der Waals surface area contributed by atoms with Crippen LogP contribution in [-0.2, 0) is 60.8 Å². The summed E-state index contributed by atoms with van der Waals surface area (Å²) in [5.41, 5.74) is 6.52. The van der Waals surface area contributed by atoms with Crippen LogP contribution in [0.15, 0.2) is 36.8 Å². The van der Waals surface area contributed by atoms with E-state index < -0.39 is 132 Å². The number of carbonyl (C=O) groups excluding carboxylic acids is 8. The lowest BCUT2D eigenvalue weighted by Crippen LogP contribution is -2.62. The smallest absolute Gasteiger partial charge is 0.327 e. The second kappa shape index (κ2) is 30.6. The van der Waals surface area contributed by atoms with E-state index in [1.165, 1.54) is 43.7 Å². The number of nitrogens with one attached hydrogen (secondary N) is 9. The number of benzene rings is 1. The Kier molecular flexibility index (Phi) is 26.2. The highest BCUT2D eigenvalue weighted by Crippen LogP contribution is 2.15. The van der Waals surface area contributed by atoms with Crippen molar-refractivity contribution in [3.63, 3.8) is 0 Å². The number of carbonyl (C=O) groups is 10. The molecule has 0 fully saturated rings. The maximum absolute atomic E-state index is 14.5. The van der Waals surface area contributed by atoms with Gasteiger partial charge in [-0.15, -0.1) is 0 Å². The number of carboxylic acids is 2. The molecule has 2 aromatic rings. The summed E-state index contributed by atoms with van der Waals surface area (Å²) in [6, 6.07) is -7.50. The largest absolute Gasteiger partial charge is 0.508 e. The van der Waals surface area contributed by atoms with Gasteiger partial charge in [0.1, 0.15) is 54.1 Å². The number of carboxylic acid groups (broad SMARTS) is 2. The fourth-order valence-electron chi connectivity index (χ4n) is 7.03. The summed E-state index contributed by atoms with van der Waals surface area (Å²) in [4.78, 5) is 140. The van der Waals surface area contributed by atoms with E-state index in [0.717, 1.165) is 0 Å². The molecule has 0 saturated heterocycles. The molecule has 1 aromatic carbocycles. The molecule has 0 radical (unpaired) electrons. The van der Waals surface area contributed by atoms with E-state index in [4.69, 9.17) is 5.73 Å². The zero-order chi connectivity index (χ0) is 55.3. The van der Waals surface area contributed by atoms with Crippen LogP contribution in [0.4, 0.5) is 0 Å². The van der Waals surface area contributed by atoms with Crippen LogP contribution in [0.25, 0.3) is 0 Å². The first-order chi connectivity index (χ1) is 34.2. The lowest BCUT2D eigenvalue weighted by atomic mass is 9.99. The molecule has 10 atom stereocenters. The first-order valence-corrected chi connectivity index (χ1v) is 24.7. The topological polar surface area (TPSA) is 403 Å². The van der Waals surface area contributed by atoms with E-state index in [1.807, 2.05) is 0 Å². The molecule has 1 aromatic heterocycles. The molecule has 1 heterocycles. The Morgan fingerprint density at radius 2 is 1.01 bits per heavy atom. The maximum Gasteiger partial charge on any atom is 0.327 e. The molecule has 27 heteroatoms. The highest BCUT2D eigenvalue weighted by atomic mass is 32.1. The number of phenols is 1. The van der Waals surface area contributed by atoms with Crippen molar-refractivity contribution < 1.29 is 68.4 Å². The Morgan fingerprint density at radius 3 is 1.45 bits per heavy atom. The summed E-state index contributed by atoms with van der Waals surface area (Å²) in [6.07, 6.45) is -0.380. The van der Waals surface area contributed by atoms with E-state index in [2.05, 4.69) is 77.8 Å². The third-order valence-electron chi connectivity index (χ3n) is 11.0. The minimum Gasteiger partial charge on any atom is -0.508 e. The molecule has 73 heavy (non-hydrogen) atoms. The van der Waals surface area contributed by atoms with Gasteiger partial charge in [0.15, 0.2) is 0 Å². The van der Waals surface area contributed by atoms with Gasteiger partial charge in [-0.3, -0.25) is 43.2 Å². The number of hydrogen-bond acceptors (Lipinski definition) is 16. The van der Waals surface area contributed by atoms with Gasteiger partial charge in [0.25, 0.3) is 0 Å². The zero-order valence-corrected chi connectivity index (χ0v) is 43.5. The number of aliphatic hydroxyl groups excluding tert-OH is 1. The number of aliphatic carboxylic acids is 2. The van der Waals surface area contributed by atoms with Crippen LogP contribution >= 0.6 is 25.3 Å². The molecule has 0 spiro atoms. The number of nitrogens with zero attached hydrogens (tertiary/aromatic N) is 1. The SMILES string of the molecule is CC(C)C[C@H](NC(=O)[C@H](CC(=O)O)NC(=O)[C@@H](NC(=O)[C@@H](N)CS)C(C)C)C(=O)N[C@@H](Cc1ccc(O)cc1)C(=O)N[C@@H](Cc1cnc[nH]1)C(=O)N[C@@H](CC(C)C)C(=O)N[C@H](C(=O)N[C@@H](CS)C(=O)O)[C@@H](C)O. The van der Waals surface area contributed by atoms with Crippen LogP contribution in [0.2, 0.25) is 0 Å². The van der Waals surface area contributed by atoms with Gasteiger partial charge in [0, 0.05) is 36.2 Å². The molecule has 8 amide bonds. The van der Waals surface area contributed by atoms with E-state index >= 15 is 0 Å².